The van der Waals surface area contributed by atoms with E-state index in [1.807, 2.05) is 0 Å². The molecule has 0 saturated heterocycles. The number of para-hydroxylation sites is 1. The lowest BCUT2D eigenvalue weighted by Gasteiger charge is -2.43. The average Bonchev–Trinajstić information content (AvgIpc) is 3.64. The van der Waals surface area contributed by atoms with Gasteiger partial charge in [-0.15, -0.1) is 0 Å². The van der Waals surface area contributed by atoms with Crippen molar-refractivity contribution in [3.05, 3.63) is 211 Å². The van der Waals surface area contributed by atoms with Crippen molar-refractivity contribution >= 4 is 57.5 Å². The highest BCUT2D eigenvalue weighted by molar-refractivity contribution is 6.95. The van der Waals surface area contributed by atoms with Crippen molar-refractivity contribution < 1.29 is 0 Å². The normalized spacial score (nSPS) is 17.6. The molecule has 7 aromatic carbocycles. The van der Waals surface area contributed by atoms with E-state index < -0.39 is 0 Å². The summed E-state index contributed by atoms with van der Waals surface area (Å²) in [6.45, 7) is 2.41. The summed E-state index contributed by atoms with van der Waals surface area (Å²) in [6, 6.07) is 62.7. The van der Waals surface area contributed by atoms with Gasteiger partial charge in [-0.05, 0) is 126 Å². The Hall–Kier alpha value is -6.78. The molecule has 4 heteroatoms. The van der Waals surface area contributed by atoms with Crippen LogP contribution in [0.1, 0.15) is 25.3 Å². The lowest BCUT2D eigenvalue weighted by Crippen LogP contribution is -2.55. The van der Waals surface area contributed by atoms with Gasteiger partial charge in [0.1, 0.15) is 0 Å². The second-order valence-electron chi connectivity index (χ2n) is 15.8. The summed E-state index contributed by atoms with van der Waals surface area (Å²) >= 11 is 0. The van der Waals surface area contributed by atoms with Crippen LogP contribution in [0.2, 0.25) is 0 Å². The molecule has 4 heterocycles. The summed E-state index contributed by atoms with van der Waals surface area (Å²) in [5.74, 6) is 0. The van der Waals surface area contributed by atoms with Crippen molar-refractivity contribution in [1.29, 1.82) is 0 Å². The first-order valence-corrected chi connectivity index (χ1v) is 20.3. The number of anilines is 7. The molecule has 0 fully saturated rings. The number of allylic oxidation sites excluding steroid dienone is 5. The molecular weight excluding hydrogens is 689 g/mol. The predicted octanol–water partition coefficient (Wildman–Crippen LogP) is 12.3. The molecule has 0 aliphatic carbocycles. The molecule has 2 bridgehead atoms. The van der Waals surface area contributed by atoms with Crippen LogP contribution in [0.25, 0.3) is 22.3 Å². The first-order chi connectivity index (χ1) is 28.2. The van der Waals surface area contributed by atoms with E-state index in [9.17, 15) is 0 Å². The Morgan fingerprint density at radius 1 is 0.596 bits per heavy atom. The van der Waals surface area contributed by atoms with E-state index in [1.54, 1.807) is 0 Å². The molecule has 0 N–H and O–H groups in total. The second-order valence-corrected chi connectivity index (χ2v) is 15.8. The number of rotatable bonds is 6. The van der Waals surface area contributed by atoms with Crippen molar-refractivity contribution in [2.75, 3.05) is 14.7 Å². The number of hydrogen-bond acceptors (Lipinski definition) is 3. The molecule has 0 saturated carbocycles. The summed E-state index contributed by atoms with van der Waals surface area (Å²) in [7, 11) is 0. The van der Waals surface area contributed by atoms with Crippen LogP contribution in [0.3, 0.4) is 0 Å². The molecule has 0 aromatic heterocycles. The summed E-state index contributed by atoms with van der Waals surface area (Å²) in [6.07, 6.45) is 12.8. The molecule has 1 unspecified atom stereocenters. The number of hydrogen-bond donors (Lipinski definition) is 0. The smallest absolute Gasteiger partial charge is 0.251 e. The Morgan fingerprint density at radius 3 is 1.84 bits per heavy atom. The second kappa shape index (κ2) is 13.8. The number of nitrogens with zero attached hydrogens (tertiary/aromatic N) is 3. The molecule has 3 nitrogen and oxygen atoms in total. The van der Waals surface area contributed by atoms with Gasteiger partial charge in [0, 0.05) is 45.9 Å². The molecule has 57 heavy (non-hydrogen) atoms. The van der Waals surface area contributed by atoms with Crippen molar-refractivity contribution in [1.82, 2.24) is 0 Å². The quantitative estimate of drug-likeness (QED) is 0.158. The van der Waals surface area contributed by atoms with Gasteiger partial charge < -0.3 is 14.7 Å². The standard InChI is InChI=1S/C53H42BN3/c1-37-12-11-17-43-36-55-47(26-20-37)34-42-25-33-50-52(53(42)55)54(43)49-32-31-48(35-51(49)57(50)44-18-9-4-10-19-44)56(45-27-21-40(22-28-45)38-13-5-2-6-14-38)46-29-23-41(24-30-46)39-15-7-3-8-16-39/h2-19,21-25,27-33,35-36,47H,20,26,34H2,1H3/b17-11-,37-12+. The van der Waals surface area contributed by atoms with E-state index in [1.165, 1.54) is 72.5 Å². The molecule has 7 aromatic rings. The SMILES string of the molecule is C/C1=C\C=C/C2=CN3c4c(ccc5c4B2c2ccc(N(c4ccc(-c6ccccc6)cc4)c4ccc(-c6ccccc6)cc4)cc2N5c2ccccc2)CC3CC1. The van der Waals surface area contributed by atoms with Crippen LogP contribution in [-0.2, 0) is 6.42 Å². The molecule has 4 aliphatic rings. The molecule has 1 atom stereocenters. The first-order valence-electron chi connectivity index (χ1n) is 20.3. The number of benzene rings is 7. The Labute approximate surface area is 336 Å². The van der Waals surface area contributed by atoms with E-state index in [-0.39, 0.29) is 6.71 Å². The first kappa shape index (κ1) is 33.6. The van der Waals surface area contributed by atoms with E-state index in [0.29, 0.717) is 6.04 Å². The molecular formula is C53H42BN3. The van der Waals surface area contributed by atoms with E-state index in [2.05, 4.69) is 216 Å². The van der Waals surface area contributed by atoms with Crippen molar-refractivity contribution in [3.8, 4) is 22.3 Å². The van der Waals surface area contributed by atoms with E-state index in [4.69, 9.17) is 0 Å². The van der Waals surface area contributed by atoms with Gasteiger partial charge in [0.2, 0.25) is 0 Å². The Kier molecular flexibility index (Phi) is 8.10. The molecule has 0 spiro atoms. The van der Waals surface area contributed by atoms with Gasteiger partial charge in [-0.1, -0.05) is 145 Å². The highest BCUT2D eigenvalue weighted by atomic mass is 15.2. The van der Waals surface area contributed by atoms with Gasteiger partial charge in [-0.25, -0.2) is 0 Å². The van der Waals surface area contributed by atoms with Crippen LogP contribution < -0.4 is 25.6 Å². The third kappa shape index (κ3) is 5.75. The van der Waals surface area contributed by atoms with Gasteiger partial charge in [-0.2, -0.15) is 0 Å². The van der Waals surface area contributed by atoms with Crippen molar-refractivity contribution in [2.45, 2.75) is 32.2 Å². The Balaban J connectivity index is 1.10. The molecule has 0 amide bonds. The van der Waals surface area contributed by atoms with Crippen molar-refractivity contribution in [3.63, 3.8) is 0 Å². The minimum atomic E-state index is 0.127. The molecule has 0 radical (unpaired) electrons. The van der Waals surface area contributed by atoms with Crippen LogP contribution in [0, 0.1) is 0 Å². The highest BCUT2D eigenvalue weighted by Crippen LogP contribution is 2.47. The van der Waals surface area contributed by atoms with Gasteiger partial charge in [-0.3, -0.25) is 0 Å². The van der Waals surface area contributed by atoms with E-state index in [0.717, 1.165) is 36.3 Å². The van der Waals surface area contributed by atoms with Crippen LogP contribution in [0.15, 0.2) is 205 Å². The lowest BCUT2D eigenvalue weighted by atomic mass is 9.33. The third-order valence-electron chi connectivity index (χ3n) is 12.4. The Morgan fingerprint density at radius 2 is 1.19 bits per heavy atom. The minimum Gasteiger partial charge on any atom is -0.345 e. The summed E-state index contributed by atoms with van der Waals surface area (Å²) < 4.78 is 0. The summed E-state index contributed by atoms with van der Waals surface area (Å²) in [5.41, 5.74) is 20.3. The maximum atomic E-state index is 2.63. The zero-order chi connectivity index (χ0) is 37.9. The third-order valence-corrected chi connectivity index (χ3v) is 12.4. The zero-order valence-electron chi connectivity index (χ0n) is 32.1. The topological polar surface area (TPSA) is 9.72 Å². The fraction of sp³-hybridized carbons (Fsp3) is 0.0943. The van der Waals surface area contributed by atoms with Gasteiger partial charge >= 0.3 is 0 Å². The van der Waals surface area contributed by atoms with Gasteiger partial charge in [0.05, 0.1) is 0 Å². The monoisotopic (exact) mass is 731 g/mol. The fourth-order valence-electron chi connectivity index (χ4n) is 9.62. The highest BCUT2D eigenvalue weighted by Gasteiger charge is 2.45. The number of fused-ring (bicyclic) bond motifs is 3. The molecule has 4 aliphatic heterocycles. The summed E-state index contributed by atoms with van der Waals surface area (Å²) in [5, 5.41) is 0. The predicted molar refractivity (Wildman–Crippen MR) is 242 cm³/mol. The zero-order valence-corrected chi connectivity index (χ0v) is 32.1. The van der Waals surface area contributed by atoms with Crippen LogP contribution >= 0.6 is 0 Å². The Bertz CT molecular complexity index is 2630. The molecule has 272 valence electrons. The van der Waals surface area contributed by atoms with Gasteiger partial charge in [0.25, 0.3) is 6.71 Å². The van der Waals surface area contributed by atoms with E-state index >= 15 is 0 Å². The maximum Gasteiger partial charge on any atom is 0.251 e. The lowest BCUT2D eigenvalue weighted by molar-refractivity contribution is 0.618. The van der Waals surface area contributed by atoms with Gasteiger partial charge in [0.15, 0.2) is 0 Å². The largest absolute Gasteiger partial charge is 0.345 e. The van der Waals surface area contributed by atoms with Crippen LogP contribution in [0.4, 0.5) is 39.8 Å². The minimum absolute atomic E-state index is 0.127. The fourth-order valence-corrected chi connectivity index (χ4v) is 9.62. The maximum absolute atomic E-state index is 2.63. The average molecular weight is 732 g/mol. The van der Waals surface area contributed by atoms with Crippen LogP contribution in [-0.4, -0.2) is 12.8 Å². The van der Waals surface area contributed by atoms with Crippen molar-refractivity contribution in [2.24, 2.45) is 0 Å². The summed E-state index contributed by atoms with van der Waals surface area (Å²) in [4.78, 5) is 7.56. The molecule has 11 rings (SSSR count). The van der Waals surface area contributed by atoms with Crippen LogP contribution in [0.5, 0.6) is 0 Å².